The van der Waals surface area contributed by atoms with Crippen LogP contribution in [0.5, 0.6) is 0 Å². The number of esters is 1. The molecule has 4 aliphatic rings. The molecule has 1 N–H and O–H groups in total. The van der Waals surface area contributed by atoms with Crippen LogP contribution >= 0.6 is 0 Å². The van der Waals surface area contributed by atoms with E-state index in [0.29, 0.717) is 5.76 Å². The molecule has 1 aromatic heterocycles. The second-order valence-electron chi connectivity index (χ2n) is 8.53. The molecule has 4 aliphatic carbocycles. The summed E-state index contributed by atoms with van der Waals surface area (Å²) in [7, 11) is 0. The Kier molecular flexibility index (Phi) is 4.63. The SMILES string of the molecule is CC(NC(=O)COC(=O)/C=C/c1ccco1)C12CC3CC(CC(C3)C1)C2. The highest BCUT2D eigenvalue weighted by Crippen LogP contribution is 2.61. The standard InChI is InChI=1S/C21H27NO4/c1-14(21-10-15-7-16(11-21)9-17(8-15)12-21)22-19(23)13-26-20(24)5-4-18-3-2-6-25-18/h2-6,14-17H,7-13H2,1H3,(H,22,23)/b5-4+. The van der Waals surface area contributed by atoms with E-state index in [9.17, 15) is 9.59 Å². The third-order valence-electron chi connectivity index (χ3n) is 6.65. The van der Waals surface area contributed by atoms with Crippen molar-refractivity contribution >= 4 is 18.0 Å². The first-order chi connectivity index (χ1) is 12.5. The van der Waals surface area contributed by atoms with Gasteiger partial charge in [0.1, 0.15) is 5.76 Å². The van der Waals surface area contributed by atoms with E-state index in [-0.39, 0.29) is 24.0 Å². The van der Waals surface area contributed by atoms with Gasteiger partial charge in [-0.25, -0.2) is 4.79 Å². The van der Waals surface area contributed by atoms with Crippen molar-refractivity contribution in [3.63, 3.8) is 0 Å². The van der Waals surface area contributed by atoms with Crippen molar-refractivity contribution in [1.29, 1.82) is 0 Å². The van der Waals surface area contributed by atoms with Crippen molar-refractivity contribution in [3.8, 4) is 0 Å². The molecule has 1 unspecified atom stereocenters. The number of furan rings is 1. The number of carbonyl (C=O) groups is 2. The van der Waals surface area contributed by atoms with Crippen molar-refractivity contribution < 1.29 is 18.7 Å². The van der Waals surface area contributed by atoms with Crippen molar-refractivity contribution in [2.75, 3.05) is 6.61 Å². The molecule has 0 aromatic carbocycles. The van der Waals surface area contributed by atoms with Gasteiger partial charge in [-0.15, -0.1) is 0 Å². The molecule has 26 heavy (non-hydrogen) atoms. The van der Waals surface area contributed by atoms with Gasteiger partial charge in [-0.05, 0) is 86.8 Å². The molecule has 5 heteroatoms. The number of nitrogens with one attached hydrogen (secondary N) is 1. The van der Waals surface area contributed by atoms with E-state index in [2.05, 4.69) is 12.2 Å². The van der Waals surface area contributed by atoms with Gasteiger partial charge in [0.15, 0.2) is 6.61 Å². The average molecular weight is 357 g/mol. The molecule has 1 amide bonds. The fraction of sp³-hybridized carbons (Fsp3) is 0.619. The highest BCUT2D eigenvalue weighted by atomic mass is 16.5. The topological polar surface area (TPSA) is 68.5 Å². The van der Waals surface area contributed by atoms with Crippen LogP contribution in [0.25, 0.3) is 6.08 Å². The summed E-state index contributed by atoms with van der Waals surface area (Å²) >= 11 is 0. The first kappa shape index (κ1) is 17.4. The van der Waals surface area contributed by atoms with Gasteiger partial charge in [0, 0.05) is 12.1 Å². The molecule has 1 aromatic rings. The van der Waals surface area contributed by atoms with Crippen LogP contribution in [0.4, 0.5) is 0 Å². The number of amides is 1. The van der Waals surface area contributed by atoms with Gasteiger partial charge >= 0.3 is 5.97 Å². The van der Waals surface area contributed by atoms with Gasteiger partial charge in [-0.1, -0.05) is 0 Å². The molecule has 0 saturated heterocycles. The monoisotopic (exact) mass is 357 g/mol. The molecule has 1 atom stereocenters. The molecule has 5 rings (SSSR count). The summed E-state index contributed by atoms with van der Waals surface area (Å²) in [6.07, 6.45) is 12.2. The Morgan fingerprint density at radius 1 is 1.27 bits per heavy atom. The zero-order chi connectivity index (χ0) is 18.1. The highest BCUT2D eigenvalue weighted by Gasteiger charge is 2.53. The van der Waals surface area contributed by atoms with Crippen LogP contribution in [-0.4, -0.2) is 24.5 Å². The van der Waals surface area contributed by atoms with Crippen molar-refractivity contribution in [2.45, 2.75) is 51.5 Å². The Balaban J connectivity index is 1.26. The number of hydrogen-bond acceptors (Lipinski definition) is 4. The van der Waals surface area contributed by atoms with E-state index >= 15 is 0 Å². The molecule has 0 spiro atoms. The molecular formula is C21H27NO4. The van der Waals surface area contributed by atoms with E-state index in [4.69, 9.17) is 9.15 Å². The Morgan fingerprint density at radius 2 is 1.92 bits per heavy atom. The predicted octanol–water partition coefficient (Wildman–Crippen LogP) is 3.56. The van der Waals surface area contributed by atoms with E-state index in [1.807, 2.05) is 0 Å². The van der Waals surface area contributed by atoms with Crippen LogP contribution in [0.15, 0.2) is 28.9 Å². The maximum absolute atomic E-state index is 12.3. The third-order valence-corrected chi connectivity index (χ3v) is 6.65. The molecule has 5 nitrogen and oxygen atoms in total. The summed E-state index contributed by atoms with van der Waals surface area (Å²) in [4.78, 5) is 24.0. The summed E-state index contributed by atoms with van der Waals surface area (Å²) in [5, 5.41) is 3.10. The van der Waals surface area contributed by atoms with Crippen LogP contribution in [0.3, 0.4) is 0 Å². The van der Waals surface area contributed by atoms with Crippen LogP contribution in [-0.2, 0) is 14.3 Å². The van der Waals surface area contributed by atoms with E-state index in [0.717, 1.165) is 17.8 Å². The fourth-order valence-corrected chi connectivity index (χ4v) is 5.87. The fourth-order valence-electron chi connectivity index (χ4n) is 5.87. The molecule has 0 radical (unpaired) electrons. The first-order valence-corrected chi connectivity index (χ1v) is 9.70. The van der Waals surface area contributed by atoms with E-state index in [1.165, 1.54) is 56.9 Å². The average Bonchev–Trinajstić information content (AvgIpc) is 3.10. The summed E-state index contributed by atoms with van der Waals surface area (Å²) in [6.45, 7) is 1.89. The van der Waals surface area contributed by atoms with Crippen LogP contribution in [0, 0.1) is 23.2 Å². The number of rotatable bonds is 6. The molecule has 140 valence electrons. The molecule has 1 heterocycles. The lowest BCUT2D eigenvalue weighted by Crippen LogP contribution is -2.56. The van der Waals surface area contributed by atoms with Gasteiger partial charge in [0.05, 0.1) is 6.26 Å². The number of ether oxygens (including phenoxy) is 1. The Bertz CT molecular complexity index is 656. The van der Waals surface area contributed by atoms with Crippen molar-refractivity contribution in [1.82, 2.24) is 5.32 Å². The molecule has 0 aliphatic heterocycles. The van der Waals surface area contributed by atoms with Gasteiger partial charge < -0.3 is 14.5 Å². The molecule has 4 fully saturated rings. The predicted molar refractivity (Wildman–Crippen MR) is 96.9 cm³/mol. The minimum Gasteiger partial charge on any atom is -0.465 e. The lowest BCUT2D eigenvalue weighted by atomic mass is 9.48. The van der Waals surface area contributed by atoms with Gasteiger partial charge in [-0.2, -0.15) is 0 Å². The maximum atomic E-state index is 12.3. The largest absolute Gasteiger partial charge is 0.465 e. The quantitative estimate of drug-likeness (QED) is 0.624. The van der Waals surface area contributed by atoms with Crippen LogP contribution < -0.4 is 5.32 Å². The van der Waals surface area contributed by atoms with E-state index in [1.54, 1.807) is 12.1 Å². The molecular weight excluding hydrogens is 330 g/mol. The van der Waals surface area contributed by atoms with Crippen molar-refractivity contribution in [2.24, 2.45) is 23.2 Å². The van der Waals surface area contributed by atoms with Gasteiger partial charge in [0.25, 0.3) is 5.91 Å². The summed E-state index contributed by atoms with van der Waals surface area (Å²) in [6, 6.07) is 3.62. The van der Waals surface area contributed by atoms with E-state index < -0.39 is 5.97 Å². The Morgan fingerprint density at radius 3 is 2.50 bits per heavy atom. The Labute approximate surface area is 154 Å². The summed E-state index contributed by atoms with van der Waals surface area (Å²) in [5.41, 5.74) is 0.258. The minimum absolute atomic E-state index is 0.140. The third kappa shape index (κ3) is 3.57. The highest BCUT2D eigenvalue weighted by molar-refractivity contribution is 5.88. The second-order valence-corrected chi connectivity index (χ2v) is 8.53. The number of hydrogen-bond donors (Lipinski definition) is 1. The lowest BCUT2D eigenvalue weighted by Gasteiger charge is -2.59. The maximum Gasteiger partial charge on any atom is 0.331 e. The summed E-state index contributed by atoms with van der Waals surface area (Å²) < 4.78 is 10.1. The zero-order valence-electron chi connectivity index (χ0n) is 15.3. The molecule has 4 bridgehead atoms. The number of carbonyl (C=O) groups excluding carboxylic acids is 2. The normalized spacial score (nSPS) is 33.3. The van der Waals surface area contributed by atoms with Gasteiger partial charge in [0.2, 0.25) is 0 Å². The zero-order valence-corrected chi connectivity index (χ0v) is 15.3. The smallest absolute Gasteiger partial charge is 0.331 e. The Hall–Kier alpha value is -2.04. The summed E-state index contributed by atoms with van der Waals surface area (Å²) in [5.74, 6) is 2.37. The lowest BCUT2D eigenvalue weighted by molar-refractivity contribution is -0.145. The van der Waals surface area contributed by atoms with Gasteiger partial charge in [-0.3, -0.25) is 4.79 Å². The van der Waals surface area contributed by atoms with Crippen LogP contribution in [0.1, 0.15) is 51.2 Å². The molecule has 4 saturated carbocycles. The first-order valence-electron chi connectivity index (χ1n) is 9.70. The second kappa shape index (κ2) is 6.93. The minimum atomic E-state index is -0.543. The van der Waals surface area contributed by atoms with Crippen LogP contribution in [0.2, 0.25) is 0 Å². The van der Waals surface area contributed by atoms with Crippen molar-refractivity contribution in [3.05, 3.63) is 30.2 Å².